The summed E-state index contributed by atoms with van der Waals surface area (Å²) >= 11 is 1.35. The van der Waals surface area contributed by atoms with Crippen LogP contribution in [0.2, 0.25) is 0 Å². The number of carbonyl (C=O) groups is 2. The second-order valence-electron chi connectivity index (χ2n) is 5.05. The molecule has 7 heteroatoms. The van der Waals surface area contributed by atoms with Crippen molar-refractivity contribution in [1.29, 1.82) is 0 Å². The summed E-state index contributed by atoms with van der Waals surface area (Å²) in [4.78, 5) is 28.3. The SMILES string of the molecule is COc1ccc(C(=O)Nc2ccc(C(=O)Nc3nccs3)cc2)cc1. The van der Waals surface area contributed by atoms with E-state index in [9.17, 15) is 9.59 Å². The lowest BCUT2D eigenvalue weighted by Gasteiger charge is -2.07. The molecule has 0 aliphatic carbocycles. The molecule has 2 N–H and O–H groups in total. The first-order chi connectivity index (χ1) is 12.2. The smallest absolute Gasteiger partial charge is 0.257 e. The summed E-state index contributed by atoms with van der Waals surface area (Å²) in [6.07, 6.45) is 1.62. The second kappa shape index (κ2) is 7.59. The number of nitrogens with zero attached hydrogens (tertiary/aromatic N) is 1. The van der Waals surface area contributed by atoms with Gasteiger partial charge in [0.1, 0.15) is 5.75 Å². The van der Waals surface area contributed by atoms with Crippen LogP contribution in [0.3, 0.4) is 0 Å². The van der Waals surface area contributed by atoms with Gasteiger partial charge in [-0.2, -0.15) is 0 Å². The lowest BCUT2D eigenvalue weighted by molar-refractivity contribution is 0.102. The molecule has 3 rings (SSSR count). The minimum absolute atomic E-state index is 0.234. The van der Waals surface area contributed by atoms with Gasteiger partial charge in [-0.1, -0.05) is 0 Å². The maximum absolute atomic E-state index is 12.2. The minimum Gasteiger partial charge on any atom is -0.497 e. The van der Waals surface area contributed by atoms with Crippen molar-refractivity contribution < 1.29 is 14.3 Å². The fourth-order valence-electron chi connectivity index (χ4n) is 2.11. The van der Waals surface area contributed by atoms with Crippen molar-refractivity contribution in [3.63, 3.8) is 0 Å². The molecule has 0 saturated carbocycles. The van der Waals surface area contributed by atoms with Crippen LogP contribution in [0.5, 0.6) is 5.75 Å². The quantitative estimate of drug-likeness (QED) is 0.734. The number of thiazole rings is 1. The van der Waals surface area contributed by atoms with E-state index in [0.29, 0.717) is 27.7 Å². The molecule has 0 unspecified atom stereocenters. The fraction of sp³-hybridized carbons (Fsp3) is 0.0556. The van der Waals surface area contributed by atoms with Crippen molar-refractivity contribution in [2.75, 3.05) is 17.7 Å². The molecule has 6 nitrogen and oxygen atoms in total. The summed E-state index contributed by atoms with van der Waals surface area (Å²) in [5.74, 6) is 0.206. The van der Waals surface area contributed by atoms with E-state index in [1.165, 1.54) is 11.3 Å². The molecule has 0 aliphatic heterocycles. The molecular weight excluding hydrogens is 338 g/mol. The van der Waals surface area contributed by atoms with Crippen LogP contribution in [0.25, 0.3) is 0 Å². The lowest BCUT2D eigenvalue weighted by atomic mass is 10.1. The number of amides is 2. The van der Waals surface area contributed by atoms with Crippen molar-refractivity contribution in [3.05, 3.63) is 71.2 Å². The minimum atomic E-state index is -0.247. The van der Waals surface area contributed by atoms with Crippen molar-refractivity contribution in [2.45, 2.75) is 0 Å². The summed E-state index contributed by atoms with van der Waals surface area (Å²) in [5, 5.41) is 7.82. The Hall–Kier alpha value is -3.19. The Morgan fingerprint density at radius 2 is 1.52 bits per heavy atom. The molecule has 2 aromatic carbocycles. The van der Waals surface area contributed by atoms with E-state index in [1.807, 2.05) is 0 Å². The summed E-state index contributed by atoms with van der Waals surface area (Å²) in [7, 11) is 1.57. The van der Waals surface area contributed by atoms with Crippen LogP contribution in [0.4, 0.5) is 10.8 Å². The van der Waals surface area contributed by atoms with Gasteiger partial charge in [-0.05, 0) is 48.5 Å². The highest BCUT2D eigenvalue weighted by atomic mass is 32.1. The Morgan fingerprint density at radius 3 is 2.08 bits per heavy atom. The summed E-state index contributed by atoms with van der Waals surface area (Å²) in [6, 6.07) is 13.5. The predicted molar refractivity (Wildman–Crippen MR) is 97.5 cm³/mol. The van der Waals surface area contributed by atoms with E-state index in [-0.39, 0.29) is 11.8 Å². The third-order valence-corrected chi connectivity index (χ3v) is 4.10. The number of hydrogen-bond donors (Lipinski definition) is 2. The molecule has 0 aliphatic rings. The topological polar surface area (TPSA) is 80.3 Å². The highest BCUT2D eigenvalue weighted by molar-refractivity contribution is 7.13. The molecule has 2 amide bonds. The summed E-state index contributed by atoms with van der Waals surface area (Å²) < 4.78 is 5.07. The molecule has 1 aromatic heterocycles. The van der Waals surface area contributed by atoms with E-state index < -0.39 is 0 Å². The van der Waals surface area contributed by atoms with Gasteiger partial charge < -0.3 is 10.1 Å². The molecule has 25 heavy (non-hydrogen) atoms. The highest BCUT2D eigenvalue weighted by Crippen LogP contribution is 2.16. The molecule has 0 bridgehead atoms. The average Bonchev–Trinajstić information content (AvgIpc) is 3.15. The van der Waals surface area contributed by atoms with Crippen LogP contribution in [-0.4, -0.2) is 23.9 Å². The number of hydrogen-bond acceptors (Lipinski definition) is 5. The van der Waals surface area contributed by atoms with Crippen LogP contribution in [0.15, 0.2) is 60.1 Å². The normalized spacial score (nSPS) is 10.1. The number of carbonyl (C=O) groups excluding carboxylic acids is 2. The van der Waals surface area contributed by atoms with Crippen LogP contribution < -0.4 is 15.4 Å². The number of ether oxygens (including phenoxy) is 1. The van der Waals surface area contributed by atoms with Crippen molar-refractivity contribution in [2.24, 2.45) is 0 Å². The van der Waals surface area contributed by atoms with Gasteiger partial charge in [0.2, 0.25) is 0 Å². The lowest BCUT2D eigenvalue weighted by Crippen LogP contribution is -2.13. The monoisotopic (exact) mass is 353 g/mol. The van der Waals surface area contributed by atoms with Crippen LogP contribution in [-0.2, 0) is 0 Å². The van der Waals surface area contributed by atoms with Gasteiger partial charge in [0.25, 0.3) is 11.8 Å². The number of nitrogens with one attached hydrogen (secondary N) is 2. The maximum Gasteiger partial charge on any atom is 0.257 e. The second-order valence-corrected chi connectivity index (χ2v) is 5.95. The third-order valence-electron chi connectivity index (χ3n) is 3.41. The van der Waals surface area contributed by atoms with Crippen LogP contribution in [0, 0.1) is 0 Å². The van der Waals surface area contributed by atoms with Gasteiger partial charge in [0.15, 0.2) is 5.13 Å². The van der Waals surface area contributed by atoms with Crippen LogP contribution >= 0.6 is 11.3 Å². The van der Waals surface area contributed by atoms with Crippen LogP contribution in [0.1, 0.15) is 20.7 Å². The van der Waals surface area contributed by atoms with Gasteiger partial charge in [-0.25, -0.2) is 4.98 Å². The number of methoxy groups -OCH3 is 1. The van der Waals surface area contributed by atoms with E-state index in [4.69, 9.17) is 4.74 Å². The van der Waals surface area contributed by atoms with Gasteiger partial charge in [-0.15, -0.1) is 11.3 Å². The van der Waals surface area contributed by atoms with E-state index in [2.05, 4.69) is 15.6 Å². The molecule has 1 heterocycles. The van der Waals surface area contributed by atoms with Gasteiger partial charge in [-0.3, -0.25) is 14.9 Å². The first kappa shape index (κ1) is 16.7. The number of benzene rings is 2. The number of aromatic nitrogens is 1. The fourth-order valence-corrected chi connectivity index (χ4v) is 2.63. The Balaban J connectivity index is 1.63. The Kier molecular flexibility index (Phi) is 5.06. The first-order valence-corrected chi connectivity index (χ1v) is 8.30. The van der Waals surface area contributed by atoms with Gasteiger partial charge >= 0.3 is 0 Å². The Morgan fingerprint density at radius 1 is 0.920 bits per heavy atom. The third kappa shape index (κ3) is 4.21. The van der Waals surface area contributed by atoms with Crippen molar-refractivity contribution in [1.82, 2.24) is 4.98 Å². The Labute approximate surface area is 148 Å². The predicted octanol–water partition coefficient (Wildman–Crippen LogP) is 3.66. The maximum atomic E-state index is 12.2. The van der Waals surface area contributed by atoms with E-state index >= 15 is 0 Å². The number of rotatable bonds is 5. The largest absolute Gasteiger partial charge is 0.497 e. The summed E-state index contributed by atoms with van der Waals surface area (Å²) in [5.41, 5.74) is 1.61. The molecule has 0 atom stereocenters. The standard InChI is InChI=1S/C18H15N3O3S/c1-24-15-8-4-13(5-9-15)16(22)20-14-6-2-12(3-7-14)17(23)21-18-19-10-11-25-18/h2-11H,1H3,(H,20,22)(H,19,21,23). The van der Waals surface area contributed by atoms with E-state index in [0.717, 1.165) is 0 Å². The van der Waals surface area contributed by atoms with Crippen molar-refractivity contribution >= 4 is 34.0 Å². The number of anilines is 2. The zero-order valence-electron chi connectivity index (χ0n) is 13.4. The van der Waals surface area contributed by atoms with Crippen molar-refractivity contribution in [3.8, 4) is 5.75 Å². The molecule has 0 spiro atoms. The average molecular weight is 353 g/mol. The summed E-state index contributed by atoms with van der Waals surface area (Å²) in [6.45, 7) is 0. The molecule has 126 valence electrons. The molecule has 0 saturated heterocycles. The zero-order chi connectivity index (χ0) is 17.6. The Bertz CT molecular complexity index is 860. The molecule has 0 fully saturated rings. The highest BCUT2D eigenvalue weighted by Gasteiger charge is 2.09. The molecule has 3 aromatic rings. The zero-order valence-corrected chi connectivity index (χ0v) is 14.2. The van der Waals surface area contributed by atoms with Gasteiger partial charge in [0.05, 0.1) is 7.11 Å². The first-order valence-electron chi connectivity index (χ1n) is 7.42. The van der Waals surface area contributed by atoms with E-state index in [1.54, 1.807) is 67.2 Å². The molecular formula is C18H15N3O3S. The molecule has 0 radical (unpaired) electrons. The van der Waals surface area contributed by atoms with Gasteiger partial charge in [0, 0.05) is 28.4 Å².